The predicted molar refractivity (Wildman–Crippen MR) is 94.4 cm³/mol. The Kier molecular flexibility index (Phi) is 4.84. The average Bonchev–Trinajstić information content (AvgIpc) is 2.89. The van der Waals surface area contributed by atoms with Crippen molar-refractivity contribution in [2.24, 2.45) is 0 Å². The number of thiophene rings is 1. The van der Waals surface area contributed by atoms with Crippen LogP contribution < -0.4 is 4.74 Å². The van der Waals surface area contributed by atoms with E-state index in [2.05, 4.69) is 22.0 Å². The van der Waals surface area contributed by atoms with Gasteiger partial charge in [0.2, 0.25) is 0 Å². The summed E-state index contributed by atoms with van der Waals surface area (Å²) in [6.07, 6.45) is 4.92. The fraction of sp³-hybridized carbons (Fsp3) is 0.375. The fourth-order valence-corrected chi connectivity index (χ4v) is 5.38. The molecule has 0 radical (unpaired) electrons. The maximum absolute atomic E-state index is 6.73. The van der Waals surface area contributed by atoms with E-state index in [1.54, 1.807) is 7.11 Å². The second-order valence-electron chi connectivity index (χ2n) is 5.18. The Balaban J connectivity index is 2.02. The molecule has 0 N–H and O–H groups in total. The lowest BCUT2D eigenvalue weighted by molar-refractivity contribution is 0.407. The first-order valence-electron chi connectivity index (χ1n) is 6.88. The highest BCUT2D eigenvalue weighted by Gasteiger charge is 2.23. The van der Waals surface area contributed by atoms with Gasteiger partial charge in [-0.15, -0.1) is 22.9 Å². The predicted octanol–water partition coefficient (Wildman–Crippen LogP) is 6.38. The van der Waals surface area contributed by atoms with Crippen LogP contribution >= 0.6 is 50.5 Å². The van der Waals surface area contributed by atoms with Crippen LogP contribution in [0, 0.1) is 0 Å². The summed E-state index contributed by atoms with van der Waals surface area (Å²) in [4.78, 5) is 2.66. The van der Waals surface area contributed by atoms with Crippen LogP contribution in [0.4, 0.5) is 0 Å². The number of benzene rings is 1. The lowest BCUT2D eigenvalue weighted by Crippen LogP contribution is -1.97. The van der Waals surface area contributed by atoms with Crippen molar-refractivity contribution < 1.29 is 4.74 Å². The summed E-state index contributed by atoms with van der Waals surface area (Å²) < 4.78 is 6.32. The standard InChI is InChI=1S/C16H15BrCl2OS/c1-20-16-11(7-10(18)8-12(16)17)15(19)14-6-9-4-2-3-5-13(9)21-14/h6-8,15H,2-5H2,1H3. The molecule has 112 valence electrons. The van der Waals surface area contributed by atoms with Gasteiger partial charge in [-0.1, -0.05) is 11.6 Å². The molecule has 0 spiro atoms. The van der Waals surface area contributed by atoms with Crippen molar-refractivity contribution in [1.29, 1.82) is 0 Å². The van der Waals surface area contributed by atoms with Crippen molar-refractivity contribution in [3.63, 3.8) is 0 Å². The Morgan fingerprint density at radius 2 is 2.00 bits per heavy atom. The number of hydrogen-bond acceptors (Lipinski definition) is 2. The minimum absolute atomic E-state index is 0.231. The van der Waals surface area contributed by atoms with E-state index in [0.717, 1.165) is 15.8 Å². The molecule has 0 bridgehead atoms. The minimum atomic E-state index is -0.231. The fourth-order valence-electron chi connectivity index (χ4n) is 2.78. The molecule has 1 unspecified atom stereocenters. The van der Waals surface area contributed by atoms with Gasteiger partial charge >= 0.3 is 0 Å². The Labute approximate surface area is 147 Å². The highest BCUT2D eigenvalue weighted by Crippen LogP contribution is 2.44. The van der Waals surface area contributed by atoms with Gasteiger partial charge in [0, 0.05) is 20.3 Å². The van der Waals surface area contributed by atoms with Gasteiger partial charge in [0.1, 0.15) is 5.75 Å². The number of hydrogen-bond donors (Lipinski definition) is 0. The summed E-state index contributed by atoms with van der Waals surface area (Å²) in [5.74, 6) is 0.755. The molecule has 21 heavy (non-hydrogen) atoms. The molecule has 1 heterocycles. The van der Waals surface area contributed by atoms with E-state index >= 15 is 0 Å². The van der Waals surface area contributed by atoms with Crippen LogP contribution in [-0.2, 0) is 12.8 Å². The summed E-state index contributed by atoms with van der Waals surface area (Å²) in [6, 6.07) is 5.97. The van der Waals surface area contributed by atoms with Gasteiger partial charge in [-0.05, 0) is 65.4 Å². The van der Waals surface area contributed by atoms with Gasteiger partial charge < -0.3 is 4.74 Å². The van der Waals surface area contributed by atoms with E-state index in [9.17, 15) is 0 Å². The highest BCUT2D eigenvalue weighted by atomic mass is 79.9. The molecule has 5 heteroatoms. The molecule has 0 saturated heterocycles. The van der Waals surface area contributed by atoms with Gasteiger partial charge in [-0.2, -0.15) is 0 Å². The molecule has 0 saturated carbocycles. The molecule has 0 fully saturated rings. The molecule has 1 nitrogen and oxygen atoms in total. The SMILES string of the molecule is COc1c(Br)cc(Cl)cc1C(Cl)c1cc2c(s1)CCCC2. The zero-order valence-electron chi connectivity index (χ0n) is 11.6. The zero-order valence-corrected chi connectivity index (χ0v) is 15.5. The average molecular weight is 406 g/mol. The van der Waals surface area contributed by atoms with Crippen LogP contribution in [0.3, 0.4) is 0 Å². The van der Waals surface area contributed by atoms with Crippen molar-refractivity contribution in [1.82, 2.24) is 0 Å². The number of methoxy groups -OCH3 is 1. The van der Waals surface area contributed by atoms with E-state index < -0.39 is 0 Å². The Hall–Kier alpha value is -0.220. The van der Waals surface area contributed by atoms with Gasteiger partial charge in [0.15, 0.2) is 0 Å². The van der Waals surface area contributed by atoms with Crippen LogP contribution in [-0.4, -0.2) is 7.11 Å². The summed E-state index contributed by atoms with van der Waals surface area (Å²) in [6.45, 7) is 0. The van der Waals surface area contributed by atoms with Crippen LogP contribution in [0.5, 0.6) is 5.75 Å². The minimum Gasteiger partial charge on any atom is -0.495 e. The molecule has 1 atom stereocenters. The molecular formula is C16H15BrCl2OS. The number of ether oxygens (including phenoxy) is 1. The monoisotopic (exact) mass is 404 g/mol. The highest BCUT2D eigenvalue weighted by molar-refractivity contribution is 9.10. The number of aryl methyl sites for hydroxylation is 2. The summed E-state index contributed by atoms with van der Waals surface area (Å²) in [5, 5.41) is 0.426. The molecule has 1 aromatic heterocycles. The van der Waals surface area contributed by atoms with E-state index in [1.165, 1.54) is 41.0 Å². The number of halogens is 3. The third-order valence-electron chi connectivity index (χ3n) is 3.78. The number of alkyl halides is 1. The topological polar surface area (TPSA) is 9.23 Å². The molecule has 1 aliphatic carbocycles. The largest absolute Gasteiger partial charge is 0.495 e. The Morgan fingerprint density at radius 3 is 2.71 bits per heavy atom. The molecular weight excluding hydrogens is 391 g/mol. The van der Waals surface area contributed by atoms with E-state index in [0.29, 0.717) is 5.02 Å². The molecule has 0 amide bonds. The first-order chi connectivity index (χ1) is 10.1. The van der Waals surface area contributed by atoms with Crippen LogP contribution in [0.2, 0.25) is 5.02 Å². The maximum Gasteiger partial charge on any atom is 0.138 e. The maximum atomic E-state index is 6.73. The molecule has 0 aliphatic heterocycles. The quantitative estimate of drug-likeness (QED) is 0.538. The van der Waals surface area contributed by atoms with Crippen molar-refractivity contribution >= 4 is 50.5 Å². The Morgan fingerprint density at radius 1 is 1.24 bits per heavy atom. The van der Waals surface area contributed by atoms with Crippen molar-refractivity contribution in [2.75, 3.05) is 7.11 Å². The lowest BCUT2D eigenvalue weighted by atomic mass is 9.98. The van der Waals surface area contributed by atoms with Crippen LogP contribution in [0.1, 0.15) is 39.1 Å². The van der Waals surface area contributed by atoms with E-state index in [1.807, 2.05) is 23.5 Å². The van der Waals surface area contributed by atoms with Crippen molar-refractivity contribution in [3.05, 3.63) is 48.6 Å². The normalized spacial score (nSPS) is 15.6. The second kappa shape index (κ2) is 6.49. The third kappa shape index (κ3) is 3.12. The van der Waals surface area contributed by atoms with Crippen molar-refractivity contribution in [3.8, 4) is 5.75 Å². The first kappa shape index (κ1) is 15.7. The van der Waals surface area contributed by atoms with Crippen molar-refractivity contribution in [2.45, 2.75) is 31.1 Å². The van der Waals surface area contributed by atoms with Gasteiger partial charge in [0.25, 0.3) is 0 Å². The zero-order chi connectivity index (χ0) is 15.0. The first-order valence-corrected chi connectivity index (χ1v) is 9.31. The molecule has 3 rings (SSSR count). The van der Waals surface area contributed by atoms with E-state index in [4.69, 9.17) is 27.9 Å². The smallest absolute Gasteiger partial charge is 0.138 e. The van der Waals surface area contributed by atoms with Crippen LogP contribution in [0.15, 0.2) is 22.7 Å². The van der Waals surface area contributed by atoms with E-state index in [-0.39, 0.29) is 5.38 Å². The third-order valence-corrected chi connectivity index (χ3v) is 6.49. The summed E-state index contributed by atoms with van der Waals surface area (Å²) >= 11 is 18.2. The molecule has 2 aromatic rings. The Bertz CT molecular complexity index is 645. The molecule has 1 aromatic carbocycles. The summed E-state index contributed by atoms with van der Waals surface area (Å²) in [5.41, 5.74) is 2.38. The lowest BCUT2D eigenvalue weighted by Gasteiger charge is -2.15. The summed E-state index contributed by atoms with van der Waals surface area (Å²) in [7, 11) is 1.65. The number of fused-ring (bicyclic) bond motifs is 1. The second-order valence-corrected chi connectivity index (χ2v) is 8.07. The number of rotatable bonds is 3. The van der Waals surface area contributed by atoms with Gasteiger partial charge in [-0.25, -0.2) is 0 Å². The van der Waals surface area contributed by atoms with Gasteiger partial charge in [0.05, 0.1) is 17.0 Å². The van der Waals surface area contributed by atoms with Crippen LogP contribution in [0.25, 0.3) is 0 Å². The van der Waals surface area contributed by atoms with Gasteiger partial charge in [-0.3, -0.25) is 0 Å². The molecule has 1 aliphatic rings.